The summed E-state index contributed by atoms with van der Waals surface area (Å²) < 4.78 is 37.1. The molecular weight excluding hydrogens is 253 g/mol. The Morgan fingerprint density at radius 2 is 2.18 bits per heavy atom. The fourth-order valence-corrected chi connectivity index (χ4v) is 2.55. The van der Waals surface area contributed by atoms with Crippen LogP contribution in [-0.2, 0) is 6.18 Å². The highest BCUT2D eigenvalue weighted by atomic mass is 32.1. The van der Waals surface area contributed by atoms with E-state index in [-0.39, 0.29) is 5.41 Å². The zero-order valence-corrected chi connectivity index (χ0v) is 10.1. The molecule has 0 amide bonds. The van der Waals surface area contributed by atoms with Crippen molar-refractivity contribution in [3.05, 3.63) is 5.01 Å². The van der Waals surface area contributed by atoms with Crippen molar-refractivity contribution in [1.82, 2.24) is 10.2 Å². The Morgan fingerprint density at radius 1 is 1.47 bits per heavy atom. The molecular formula is C9H13F3N4S. The minimum Gasteiger partial charge on any atom is -0.346 e. The number of hydrogen-bond donors (Lipinski definition) is 1. The number of hydrogen-bond acceptors (Lipinski definition) is 5. The predicted molar refractivity (Wildman–Crippen MR) is 58.9 cm³/mol. The molecule has 0 saturated carbocycles. The van der Waals surface area contributed by atoms with Crippen molar-refractivity contribution < 1.29 is 13.2 Å². The van der Waals surface area contributed by atoms with Crippen LogP contribution < -0.4 is 10.6 Å². The second-order valence-corrected chi connectivity index (χ2v) is 5.53. The number of anilines is 1. The van der Waals surface area contributed by atoms with Gasteiger partial charge in [-0.3, -0.25) is 0 Å². The maximum Gasteiger partial charge on any atom is 0.445 e. The summed E-state index contributed by atoms with van der Waals surface area (Å²) in [7, 11) is 0. The lowest BCUT2D eigenvalue weighted by Crippen LogP contribution is -2.31. The van der Waals surface area contributed by atoms with E-state index in [1.807, 2.05) is 11.8 Å². The Labute approximate surface area is 101 Å². The first-order valence-corrected chi connectivity index (χ1v) is 6.01. The van der Waals surface area contributed by atoms with Crippen LogP contribution >= 0.6 is 11.3 Å². The highest BCUT2D eigenvalue weighted by molar-refractivity contribution is 7.15. The minimum absolute atomic E-state index is 0.0376. The smallest absolute Gasteiger partial charge is 0.346 e. The van der Waals surface area contributed by atoms with Gasteiger partial charge in [-0.15, -0.1) is 10.2 Å². The third-order valence-electron chi connectivity index (χ3n) is 2.98. The van der Waals surface area contributed by atoms with Crippen LogP contribution in [0.25, 0.3) is 0 Å². The molecule has 96 valence electrons. The molecule has 0 aliphatic carbocycles. The van der Waals surface area contributed by atoms with E-state index in [9.17, 15) is 13.2 Å². The maximum atomic E-state index is 12.4. The molecule has 1 atom stereocenters. The van der Waals surface area contributed by atoms with Crippen molar-refractivity contribution in [3.63, 3.8) is 0 Å². The van der Waals surface area contributed by atoms with Gasteiger partial charge in [-0.25, -0.2) is 0 Å². The highest BCUT2D eigenvalue weighted by Gasteiger charge is 2.38. The molecule has 1 aromatic rings. The Kier molecular flexibility index (Phi) is 3.03. The molecule has 17 heavy (non-hydrogen) atoms. The van der Waals surface area contributed by atoms with Crippen LogP contribution in [0.4, 0.5) is 18.3 Å². The fraction of sp³-hybridized carbons (Fsp3) is 0.778. The maximum absolute atomic E-state index is 12.4. The molecule has 0 spiro atoms. The van der Waals surface area contributed by atoms with Gasteiger partial charge in [0, 0.05) is 13.1 Å². The van der Waals surface area contributed by atoms with Crippen molar-refractivity contribution in [3.8, 4) is 0 Å². The number of aromatic nitrogens is 2. The molecule has 1 saturated heterocycles. The standard InChI is InChI=1S/C9H13F3N4S/c1-8(4-13)2-3-16(5-8)7-15-14-6(17-7)9(10,11)12/h2-5,13H2,1H3. The number of nitrogens with zero attached hydrogens (tertiary/aromatic N) is 3. The number of nitrogens with two attached hydrogens (primary N) is 1. The molecule has 0 radical (unpaired) electrons. The van der Waals surface area contributed by atoms with Crippen molar-refractivity contribution in [2.45, 2.75) is 19.5 Å². The lowest BCUT2D eigenvalue weighted by atomic mass is 9.90. The molecule has 1 fully saturated rings. The van der Waals surface area contributed by atoms with Crippen LogP contribution in [0.15, 0.2) is 0 Å². The van der Waals surface area contributed by atoms with Crippen LogP contribution in [0.5, 0.6) is 0 Å². The Hall–Kier alpha value is -0.890. The van der Waals surface area contributed by atoms with Gasteiger partial charge in [0.05, 0.1) is 0 Å². The van der Waals surface area contributed by atoms with Gasteiger partial charge in [-0.1, -0.05) is 18.3 Å². The predicted octanol–water partition coefficient (Wildman–Crippen LogP) is 1.73. The van der Waals surface area contributed by atoms with E-state index in [4.69, 9.17) is 5.73 Å². The monoisotopic (exact) mass is 266 g/mol. The van der Waals surface area contributed by atoms with Gasteiger partial charge in [0.1, 0.15) is 0 Å². The van der Waals surface area contributed by atoms with Gasteiger partial charge in [0.25, 0.3) is 0 Å². The van der Waals surface area contributed by atoms with E-state index in [1.54, 1.807) is 0 Å². The molecule has 1 aliphatic heterocycles. The molecule has 2 heterocycles. The topological polar surface area (TPSA) is 55.0 Å². The van der Waals surface area contributed by atoms with Crippen molar-refractivity contribution >= 4 is 16.5 Å². The van der Waals surface area contributed by atoms with Gasteiger partial charge in [-0.05, 0) is 18.4 Å². The molecule has 1 aliphatic rings. The van der Waals surface area contributed by atoms with Gasteiger partial charge < -0.3 is 10.6 Å². The highest BCUT2D eigenvalue weighted by Crippen LogP contribution is 2.37. The van der Waals surface area contributed by atoms with E-state index >= 15 is 0 Å². The normalized spacial score (nSPS) is 25.6. The zero-order valence-electron chi connectivity index (χ0n) is 9.29. The van der Waals surface area contributed by atoms with Crippen LogP contribution in [0.3, 0.4) is 0 Å². The average Bonchev–Trinajstić information content (AvgIpc) is 2.83. The zero-order chi connectivity index (χ0) is 12.7. The average molecular weight is 266 g/mol. The molecule has 8 heteroatoms. The van der Waals surface area contributed by atoms with E-state index in [0.29, 0.717) is 36.1 Å². The third kappa shape index (κ3) is 2.52. The first kappa shape index (κ1) is 12.6. The summed E-state index contributed by atoms with van der Waals surface area (Å²) in [5.41, 5.74) is 5.61. The minimum atomic E-state index is -4.41. The van der Waals surface area contributed by atoms with Gasteiger partial charge in [0.15, 0.2) is 0 Å². The second-order valence-electron chi connectivity index (χ2n) is 4.57. The first-order valence-electron chi connectivity index (χ1n) is 5.20. The largest absolute Gasteiger partial charge is 0.445 e. The molecule has 0 bridgehead atoms. The van der Waals surface area contributed by atoms with Crippen LogP contribution in [0, 0.1) is 5.41 Å². The van der Waals surface area contributed by atoms with Gasteiger partial charge in [-0.2, -0.15) is 13.2 Å². The lowest BCUT2D eigenvalue weighted by molar-refractivity contribution is -0.138. The van der Waals surface area contributed by atoms with Crippen molar-refractivity contribution in [1.29, 1.82) is 0 Å². The van der Waals surface area contributed by atoms with Gasteiger partial charge >= 0.3 is 6.18 Å². The Morgan fingerprint density at radius 3 is 2.65 bits per heavy atom. The van der Waals surface area contributed by atoms with Crippen LogP contribution in [-0.4, -0.2) is 29.8 Å². The number of rotatable bonds is 2. The summed E-state index contributed by atoms with van der Waals surface area (Å²) in [6, 6.07) is 0. The number of alkyl halides is 3. The van der Waals surface area contributed by atoms with Crippen molar-refractivity contribution in [2.24, 2.45) is 11.1 Å². The van der Waals surface area contributed by atoms with Crippen LogP contribution in [0.2, 0.25) is 0 Å². The Balaban J connectivity index is 2.12. The molecule has 2 N–H and O–H groups in total. The summed E-state index contributed by atoms with van der Waals surface area (Å²) in [6.07, 6.45) is -3.54. The van der Waals surface area contributed by atoms with E-state index < -0.39 is 11.2 Å². The molecule has 4 nitrogen and oxygen atoms in total. The second kappa shape index (κ2) is 4.09. The van der Waals surface area contributed by atoms with E-state index in [2.05, 4.69) is 10.2 Å². The first-order chi connectivity index (χ1) is 7.84. The van der Waals surface area contributed by atoms with Gasteiger partial charge in [0.2, 0.25) is 10.1 Å². The third-order valence-corrected chi connectivity index (χ3v) is 4.01. The fourth-order valence-electron chi connectivity index (χ4n) is 1.81. The number of halogens is 3. The SMILES string of the molecule is CC1(CN)CCN(c2nnc(C(F)(F)F)s2)C1. The lowest BCUT2D eigenvalue weighted by Gasteiger charge is -2.21. The summed E-state index contributed by atoms with van der Waals surface area (Å²) >= 11 is 0.586. The quantitative estimate of drug-likeness (QED) is 0.885. The summed E-state index contributed by atoms with van der Waals surface area (Å²) in [5, 5.41) is 6.21. The molecule has 0 aromatic carbocycles. The molecule has 2 rings (SSSR count). The van der Waals surface area contributed by atoms with Crippen LogP contribution in [0.1, 0.15) is 18.4 Å². The van der Waals surface area contributed by atoms with E-state index in [0.717, 1.165) is 6.42 Å². The molecule has 1 aromatic heterocycles. The summed E-state index contributed by atoms with van der Waals surface area (Å²) in [6.45, 7) is 3.86. The molecule has 1 unspecified atom stereocenters. The summed E-state index contributed by atoms with van der Waals surface area (Å²) in [4.78, 5) is 1.82. The Bertz CT molecular complexity index is 405. The summed E-state index contributed by atoms with van der Waals surface area (Å²) in [5.74, 6) is 0. The van der Waals surface area contributed by atoms with Crippen molar-refractivity contribution in [2.75, 3.05) is 24.5 Å². The van der Waals surface area contributed by atoms with E-state index in [1.165, 1.54) is 0 Å².